The molecule has 0 spiro atoms. The zero-order valence-electron chi connectivity index (χ0n) is 35.9. The van der Waals surface area contributed by atoms with E-state index in [4.69, 9.17) is 8.83 Å². The van der Waals surface area contributed by atoms with Crippen LogP contribution in [0.3, 0.4) is 0 Å². The quantitative estimate of drug-likeness (QED) is 0.152. The highest BCUT2D eigenvalue weighted by molar-refractivity contribution is 6.26. The van der Waals surface area contributed by atoms with Crippen LogP contribution in [-0.4, -0.2) is 0 Å². The number of rotatable bonds is 8. The Morgan fingerprint density at radius 3 is 1.30 bits per heavy atom. The van der Waals surface area contributed by atoms with Gasteiger partial charge in [0, 0.05) is 50.0 Å². The van der Waals surface area contributed by atoms with E-state index in [1.807, 2.05) is 109 Å². The molecular weight excluding hydrogens is 831 g/mol. The molecule has 10 aromatic carbocycles. The molecule has 4 nitrogen and oxygen atoms in total. The van der Waals surface area contributed by atoms with Crippen molar-refractivity contribution in [2.24, 2.45) is 0 Å². The molecule has 0 radical (unpaired) electrons. The molecule has 6 heteroatoms. The SMILES string of the molecule is Fc1cccc(N(c2ccccc2)c2cc3c(c4c2oc2ccccc24)-c2c(cc(N(c4ccccc4)c4cccc(F)c4)c4c2oc2ccccc24)C3(c2ccccc2)c2ccccc2)c1. The Morgan fingerprint density at radius 2 is 0.761 bits per heavy atom. The third-order valence-electron chi connectivity index (χ3n) is 13.4. The number of fused-ring (bicyclic) bond motifs is 11. The van der Waals surface area contributed by atoms with Crippen molar-refractivity contribution in [3.8, 4) is 11.1 Å². The molecule has 0 saturated heterocycles. The third kappa shape index (κ3) is 5.82. The van der Waals surface area contributed by atoms with Crippen LogP contribution in [0.15, 0.2) is 239 Å². The fourth-order valence-electron chi connectivity index (χ4n) is 10.8. The van der Waals surface area contributed by atoms with Crippen molar-refractivity contribution in [3.63, 3.8) is 0 Å². The second-order valence-corrected chi connectivity index (χ2v) is 17.0. The summed E-state index contributed by atoms with van der Waals surface area (Å²) in [6, 6.07) is 75.8. The number of anilines is 6. The van der Waals surface area contributed by atoms with Gasteiger partial charge >= 0.3 is 0 Å². The summed E-state index contributed by atoms with van der Waals surface area (Å²) >= 11 is 0. The van der Waals surface area contributed by atoms with Gasteiger partial charge < -0.3 is 18.6 Å². The molecule has 0 atom stereocenters. The number of hydrogen-bond acceptors (Lipinski definition) is 4. The van der Waals surface area contributed by atoms with Gasteiger partial charge in [0.2, 0.25) is 0 Å². The first kappa shape index (κ1) is 38.7. The summed E-state index contributed by atoms with van der Waals surface area (Å²) in [6.45, 7) is 0. The summed E-state index contributed by atoms with van der Waals surface area (Å²) in [5, 5.41) is 3.66. The minimum Gasteiger partial charge on any atom is -0.455 e. The second kappa shape index (κ2) is 15.2. The van der Waals surface area contributed by atoms with E-state index in [2.05, 4.69) is 94.7 Å². The lowest BCUT2D eigenvalue weighted by atomic mass is 9.67. The van der Waals surface area contributed by atoms with Crippen molar-refractivity contribution in [1.29, 1.82) is 0 Å². The molecule has 1 aliphatic carbocycles. The predicted molar refractivity (Wildman–Crippen MR) is 268 cm³/mol. The molecule has 2 heterocycles. The maximum atomic E-state index is 15.6. The summed E-state index contributed by atoms with van der Waals surface area (Å²) in [5.41, 5.74) is 12.4. The van der Waals surface area contributed by atoms with Gasteiger partial charge in [-0.3, -0.25) is 0 Å². The van der Waals surface area contributed by atoms with Gasteiger partial charge in [0.15, 0.2) is 5.58 Å². The molecule has 318 valence electrons. The highest BCUT2D eigenvalue weighted by atomic mass is 19.1. The van der Waals surface area contributed by atoms with Crippen LogP contribution in [0.2, 0.25) is 0 Å². The molecule has 0 unspecified atom stereocenters. The zero-order valence-corrected chi connectivity index (χ0v) is 35.9. The van der Waals surface area contributed by atoms with Gasteiger partial charge in [-0.05, 0) is 107 Å². The largest absolute Gasteiger partial charge is 0.455 e. The lowest BCUT2D eigenvalue weighted by Crippen LogP contribution is -2.29. The Morgan fingerprint density at radius 1 is 0.343 bits per heavy atom. The molecule has 67 heavy (non-hydrogen) atoms. The Hall–Kier alpha value is -8.74. The lowest BCUT2D eigenvalue weighted by Gasteiger charge is -2.36. The van der Waals surface area contributed by atoms with Crippen LogP contribution in [0, 0.1) is 11.6 Å². The van der Waals surface area contributed by atoms with Crippen molar-refractivity contribution in [2.75, 3.05) is 9.80 Å². The maximum Gasteiger partial charge on any atom is 0.160 e. The molecule has 0 bridgehead atoms. The Labute approximate surface area is 384 Å². The molecule has 12 aromatic rings. The molecule has 13 rings (SSSR count). The molecule has 0 fully saturated rings. The summed E-state index contributed by atoms with van der Waals surface area (Å²) < 4.78 is 45.5. The summed E-state index contributed by atoms with van der Waals surface area (Å²) in [4.78, 5) is 4.24. The predicted octanol–water partition coefficient (Wildman–Crippen LogP) is 17.1. The average Bonchev–Trinajstić information content (AvgIpc) is 4.05. The highest BCUT2D eigenvalue weighted by Crippen LogP contribution is 2.64. The number of para-hydroxylation sites is 4. The zero-order chi connectivity index (χ0) is 44.6. The van der Waals surface area contributed by atoms with Gasteiger partial charge in [0.1, 0.15) is 28.4 Å². The van der Waals surface area contributed by atoms with Gasteiger partial charge in [-0.15, -0.1) is 0 Å². The van der Waals surface area contributed by atoms with Crippen molar-refractivity contribution in [1.82, 2.24) is 0 Å². The lowest BCUT2D eigenvalue weighted by molar-refractivity contribution is 0.627. The van der Waals surface area contributed by atoms with Crippen molar-refractivity contribution < 1.29 is 17.6 Å². The van der Waals surface area contributed by atoms with Crippen LogP contribution >= 0.6 is 0 Å². The van der Waals surface area contributed by atoms with Crippen molar-refractivity contribution in [2.45, 2.75) is 5.41 Å². The van der Waals surface area contributed by atoms with E-state index >= 15 is 8.78 Å². The number of furan rings is 2. The molecule has 0 saturated carbocycles. The number of hydrogen-bond donors (Lipinski definition) is 0. The van der Waals surface area contributed by atoms with Crippen LogP contribution in [-0.2, 0) is 5.41 Å². The highest BCUT2D eigenvalue weighted by Gasteiger charge is 2.50. The maximum absolute atomic E-state index is 15.6. The van der Waals surface area contributed by atoms with E-state index in [1.54, 1.807) is 24.3 Å². The molecule has 0 N–H and O–H groups in total. The molecule has 1 aliphatic rings. The third-order valence-corrected chi connectivity index (χ3v) is 13.4. The van der Waals surface area contributed by atoms with Gasteiger partial charge in [-0.1, -0.05) is 146 Å². The topological polar surface area (TPSA) is 32.8 Å². The van der Waals surface area contributed by atoms with Crippen LogP contribution in [0.1, 0.15) is 22.3 Å². The number of halogens is 2. The minimum absolute atomic E-state index is 0.341. The van der Waals surface area contributed by atoms with Crippen molar-refractivity contribution in [3.05, 3.63) is 264 Å². The standard InChI is InChI=1S/C61H38F2N2O2/c62-41-23-17-29-45(35-41)64(43-25-9-3-10-26-43)51-37-50-58(60-55(51)47-31-13-15-33-53(47)67-60)57-49(61(50,39-19-5-1-6-20-39)40-21-7-2-8-22-40)38-52(59-56(57)48-32-14-16-34-54(48)66-59)65(44-27-11-4-12-28-44)46-30-18-24-42(63)36-46/h1-38H. The van der Waals surface area contributed by atoms with E-state index in [1.165, 1.54) is 12.1 Å². The van der Waals surface area contributed by atoms with Crippen molar-refractivity contribution >= 4 is 78.0 Å². The Kier molecular flexibility index (Phi) is 8.77. The molecule has 0 aliphatic heterocycles. The molecule has 2 aromatic heterocycles. The summed E-state index contributed by atoms with van der Waals surface area (Å²) in [6.07, 6.45) is 0. The average molecular weight is 869 g/mol. The first-order valence-electron chi connectivity index (χ1n) is 22.4. The van der Waals surface area contributed by atoms with Gasteiger partial charge in [-0.2, -0.15) is 0 Å². The number of benzene rings is 10. The fraction of sp³-hybridized carbons (Fsp3) is 0.0164. The van der Waals surface area contributed by atoms with E-state index in [9.17, 15) is 0 Å². The van der Waals surface area contributed by atoms with Gasteiger partial charge in [0.05, 0.1) is 22.2 Å². The van der Waals surface area contributed by atoms with E-state index in [0.29, 0.717) is 22.5 Å². The first-order valence-corrected chi connectivity index (χ1v) is 22.4. The monoisotopic (exact) mass is 868 g/mol. The Balaban J connectivity index is 1.28. The van der Waals surface area contributed by atoms with E-state index in [-0.39, 0.29) is 11.6 Å². The normalized spacial score (nSPS) is 12.7. The van der Waals surface area contributed by atoms with Crippen LogP contribution in [0.4, 0.5) is 42.9 Å². The molecule has 0 amide bonds. The van der Waals surface area contributed by atoms with E-state index < -0.39 is 5.41 Å². The second-order valence-electron chi connectivity index (χ2n) is 17.0. The minimum atomic E-state index is -0.981. The summed E-state index contributed by atoms with van der Waals surface area (Å²) in [5.74, 6) is -0.692. The smallest absolute Gasteiger partial charge is 0.160 e. The number of nitrogens with zero attached hydrogens (tertiary/aromatic N) is 2. The van der Waals surface area contributed by atoms with Gasteiger partial charge in [0.25, 0.3) is 0 Å². The summed E-state index contributed by atoms with van der Waals surface area (Å²) in [7, 11) is 0. The fourth-order valence-corrected chi connectivity index (χ4v) is 10.8. The van der Waals surface area contributed by atoms with Crippen LogP contribution in [0.25, 0.3) is 55.0 Å². The van der Waals surface area contributed by atoms with E-state index in [0.717, 1.165) is 88.8 Å². The van der Waals surface area contributed by atoms with Crippen LogP contribution < -0.4 is 9.80 Å². The van der Waals surface area contributed by atoms with Gasteiger partial charge in [-0.25, -0.2) is 8.78 Å². The van der Waals surface area contributed by atoms with Crippen LogP contribution in [0.5, 0.6) is 0 Å². The Bertz CT molecular complexity index is 3810. The first-order chi connectivity index (χ1) is 33.1. The molecular formula is C61H38F2N2O2.